The van der Waals surface area contributed by atoms with Gasteiger partial charge >= 0.3 is 0 Å². The quantitative estimate of drug-likeness (QED) is 0.887. The zero-order chi connectivity index (χ0) is 14.0. The van der Waals surface area contributed by atoms with Crippen LogP contribution in [-0.4, -0.2) is 50.2 Å². The second-order valence-electron chi connectivity index (χ2n) is 4.78. The van der Waals surface area contributed by atoms with Crippen LogP contribution >= 0.6 is 0 Å². The summed E-state index contributed by atoms with van der Waals surface area (Å²) >= 11 is 0. The minimum Gasteiger partial charge on any atom is -0.394 e. The van der Waals surface area contributed by atoms with Crippen molar-refractivity contribution in [1.82, 2.24) is 4.31 Å². The van der Waals surface area contributed by atoms with E-state index in [4.69, 9.17) is 9.84 Å². The SMILES string of the molecule is Cc1ccc(S(=O)(=O)N2CCOC(CO)C2)cc1C. The molecule has 0 bridgehead atoms. The van der Waals surface area contributed by atoms with Gasteiger partial charge in [-0.3, -0.25) is 0 Å². The molecular weight excluding hydrogens is 266 g/mol. The molecule has 2 rings (SSSR count). The highest BCUT2D eigenvalue weighted by atomic mass is 32.2. The Kier molecular flexibility index (Phi) is 4.25. The molecule has 1 saturated heterocycles. The van der Waals surface area contributed by atoms with Gasteiger partial charge in [0.2, 0.25) is 10.0 Å². The van der Waals surface area contributed by atoms with E-state index in [0.29, 0.717) is 18.0 Å². The van der Waals surface area contributed by atoms with Crippen molar-refractivity contribution in [3.05, 3.63) is 29.3 Å². The third-order valence-electron chi connectivity index (χ3n) is 3.42. The van der Waals surface area contributed by atoms with Crippen molar-refractivity contribution in [3.8, 4) is 0 Å². The second-order valence-corrected chi connectivity index (χ2v) is 6.72. The van der Waals surface area contributed by atoms with E-state index in [9.17, 15) is 8.42 Å². The fraction of sp³-hybridized carbons (Fsp3) is 0.538. The molecule has 0 amide bonds. The summed E-state index contributed by atoms with van der Waals surface area (Å²) in [5, 5.41) is 9.08. The Hall–Kier alpha value is -0.950. The molecule has 19 heavy (non-hydrogen) atoms. The van der Waals surface area contributed by atoms with Crippen molar-refractivity contribution >= 4 is 10.0 Å². The molecule has 106 valence electrons. The van der Waals surface area contributed by atoms with Crippen molar-refractivity contribution in [2.45, 2.75) is 24.8 Å². The fourth-order valence-electron chi connectivity index (χ4n) is 2.04. The number of rotatable bonds is 3. The Bertz CT molecular complexity index is 556. The van der Waals surface area contributed by atoms with Gasteiger partial charge < -0.3 is 9.84 Å². The molecule has 0 aliphatic carbocycles. The fourth-order valence-corrected chi connectivity index (χ4v) is 3.59. The van der Waals surface area contributed by atoms with Gasteiger partial charge in [0, 0.05) is 13.1 Å². The zero-order valence-electron chi connectivity index (χ0n) is 11.2. The molecular formula is C13H19NO4S. The number of hydrogen-bond donors (Lipinski definition) is 1. The lowest BCUT2D eigenvalue weighted by Gasteiger charge is -2.31. The van der Waals surface area contributed by atoms with Gasteiger partial charge in [0.15, 0.2) is 0 Å². The maximum atomic E-state index is 12.5. The lowest BCUT2D eigenvalue weighted by atomic mass is 10.1. The highest BCUT2D eigenvalue weighted by Gasteiger charge is 2.30. The van der Waals surface area contributed by atoms with Gasteiger partial charge in [-0.05, 0) is 37.1 Å². The van der Waals surface area contributed by atoms with E-state index in [0.717, 1.165) is 11.1 Å². The minimum absolute atomic E-state index is 0.168. The molecule has 1 atom stereocenters. The van der Waals surface area contributed by atoms with Gasteiger partial charge in [0.05, 0.1) is 24.2 Å². The summed E-state index contributed by atoms with van der Waals surface area (Å²) in [7, 11) is -3.50. The molecule has 0 aromatic heterocycles. The first kappa shape index (κ1) is 14.5. The van der Waals surface area contributed by atoms with E-state index < -0.39 is 16.1 Å². The molecule has 6 heteroatoms. The van der Waals surface area contributed by atoms with E-state index in [-0.39, 0.29) is 13.2 Å². The summed E-state index contributed by atoms with van der Waals surface area (Å²) in [4.78, 5) is 0.300. The molecule has 1 fully saturated rings. The first-order chi connectivity index (χ1) is 8.95. The standard InChI is InChI=1S/C13H19NO4S/c1-10-3-4-13(7-11(10)2)19(16,17)14-5-6-18-12(8-14)9-15/h3-4,7,12,15H,5-6,8-9H2,1-2H3. The van der Waals surface area contributed by atoms with E-state index in [1.807, 2.05) is 19.9 Å². The van der Waals surface area contributed by atoms with Crippen LogP contribution < -0.4 is 0 Å². The molecule has 1 unspecified atom stereocenters. The van der Waals surface area contributed by atoms with Crippen molar-refractivity contribution in [2.24, 2.45) is 0 Å². The molecule has 0 spiro atoms. The molecule has 1 aliphatic heterocycles. The molecule has 0 radical (unpaired) electrons. The van der Waals surface area contributed by atoms with E-state index in [1.54, 1.807) is 12.1 Å². The molecule has 1 aromatic rings. The first-order valence-electron chi connectivity index (χ1n) is 6.25. The summed E-state index contributed by atoms with van der Waals surface area (Å²) in [6.45, 7) is 4.51. The first-order valence-corrected chi connectivity index (χ1v) is 7.69. The number of nitrogens with zero attached hydrogens (tertiary/aromatic N) is 1. The van der Waals surface area contributed by atoms with Gasteiger partial charge in [0.25, 0.3) is 0 Å². The number of benzene rings is 1. The van der Waals surface area contributed by atoms with Crippen LogP contribution in [0.3, 0.4) is 0 Å². The highest BCUT2D eigenvalue weighted by molar-refractivity contribution is 7.89. The molecule has 0 saturated carbocycles. The summed E-state index contributed by atoms with van der Waals surface area (Å²) in [6.07, 6.45) is -0.435. The van der Waals surface area contributed by atoms with E-state index in [1.165, 1.54) is 4.31 Å². The van der Waals surface area contributed by atoms with Crippen LogP contribution in [0.2, 0.25) is 0 Å². The monoisotopic (exact) mass is 285 g/mol. The Morgan fingerprint density at radius 2 is 2.11 bits per heavy atom. The molecule has 1 aromatic carbocycles. The average molecular weight is 285 g/mol. The van der Waals surface area contributed by atoms with Crippen LogP contribution in [0.1, 0.15) is 11.1 Å². The number of ether oxygens (including phenoxy) is 1. The number of morpholine rings is 1. The number of aliphatic hydroxyl groups is 1. The predicted molar refractivity (Wildman–Crippen MR) is 71.5 cm³/mol. The zero-order valence-corrected chi connectivity index (χ0v) is 12.0. The van der Waals surface area contributed by atoms with Crippen molar-refractivity contribution < 1.29 is 18.3 Å². The summed E-state index contributed by atoms with van der Waals surface area (Å²) in [5.41, 5.74) is 2.02. The van der Waals surface area contributed by atoms with Gasteiger partial charge in [0.1, 0.15) is 0 Å². The van der Waals surface area contributed by atoms with Gasteiger partial charge in [-0.2, -0.15) is 4.31 Å². The van der Waals surface area contributed by atoms with Gasteiger partial charge in [-0.1, -0.05) is 6.07 Å². The maximum Gasteiger partial charge on any atom is 0.243 e. The normalized spacial score (nSPS) is 21.5. The largest absolute Gasteiger partial charge is 0.394 e. The summed E-state index contributed by atoms with van der Waals surface area (Å²) in [5.74, 6) is 0. The van der Waals surface area contributed by atoms with Crippen LogP contribution in [0.4, 0.5) is 0 Å². The Morgan fingerprint density at radius 3 is 2.74 bits per heavy atom. The third kappa shape index (κ3) is 2.97. The average Bonchev–Trinajstić information content (AvgIpc) is 2.41. The van der Waals surface area contributed by atoms with Crippen molar-refractivity contribution in [3.63, 3.8) is 0 Å². The van der Waals surface area contributed by atoms with E-state index in [2.05, 4.69) is 0 Å². The minimum atomic E-state index is -3.50. The van der Waals surface area contributed by atoms with Crippen LogP contribution in [-0.2, 0) is 14.8 Å². The van der Waals surface area contributed by atoms with Crippen molar-refractivity contribution in [2.75, 3.05) is 26.3 Å². The van der Waals surface area contributed by atoms with Crippen LogP contribution in [0, 0.1) is 13.8 Å². The van der Waals surface area contributed by atoms with Gasteiger partial charge in [-0.25, -0.2) is 8.42 Å². The van der Waals surface area contributed by atoms with Crippen LogP contribution in [0.25, 0.3) is 0 Å². The molecule has 1 aliphatic rings. The second kappa shape index (κ2) is 5.58. The summed E-state index contributed by atoms with van der Waals surface area (Å²) < 4.78 is 31.7. The smallest absolute Gasteiger partial charge is 0.243 e. The third-order valence-corrected chi connectivity index (χ3v) is 5.28. The number of aryl methyl sites for hydroxylation is 2. The van der Waals surface area contributed by atoms with Crippen molar-refractivity contribution in [1.29, 1.82) is 0 Å². The lowest BCUT2D eigenvalue weighted by Crippen LogP contribution is -2.46. The number of aliphatic hydroxyl groups excluding tert-OH is 1. The summed E-state index contributed by atoms with van der Waals surface area (Å²) in [6, 6.07) is 5.13. The van der Waals surface area contributed by atoms with E-state index >= 15 is 0 Å². The number of hydrogen-bond acceptors (Lipinski definition) is 4. The molecule has 5 nitrogen and oxygen atoms in total. The Balaban J connectivity index is 2.28. The lowest BCUT2D eigenvalue weighted by molar-refractivity contribution is -0.0304. The maximum absolute atomic E-state index is 12.5. The number of sulfonamides is 1. The Labute approximate surface area is 113 Å². The predicted octanol–water partition coefficient (Wildman–Crippen LogP) is 0.685. The molecule has 1 N–H and O–H groups in total. The van der Waals surface area contributed by atoms with Gasteiger partial charge in [-0.15, -0.1) is 0 Å². The Morgan fingerprint density at radius 1 is 1.37 bits per heavy atom. The highest BCUT2D eigenvalue weighted by Crippen LogP contribution is 2.21. The topological polar surface area (TPSA) is 66.8 Å². The van der Waals surface area contributed by atoms with Crippen LogP contribution in [0.15, 0.2) is 23.1 Å². The molecule has 1 heterocycles. The van der Waals surface area contributed by atoms with Crippen LogP contribution in [0.5, 0.6) is 0 Å².